The van der Waals surface area contributed by atoms with Crippen molar-refractivity contribution < 1.29 is 13.6 Å². The Morgan fingerprint density at radius 2 is 1.56 bits per heavy atom. The third kappa shape index (κ3) is 4.20. The predicted octanol–water partition coefficient (Wildman–Crippen LogP) is 8.39. The van der Waals surface area contributed by atoms with Gasteiger partial charge >= 0.3 is 8.60 Å². The van der Waals surface area contributed by atoms with E-state index < -0.39 is 8.60 Å². The zero-order valence-corrected chi connectivity index (χ0v) is 21.8. The molecule has 0 spiro atoms. The Labute approximate surface area is 216 Å². The van der Waals surface area contributed by atoms with Gasteiger partial charge in [-0.1, -0.05) is 73.5 Å². The summed E-state index contributed by atoms with van der Waals surface area (Å²) in [7, 11) is -1.47. The van der Waals surface area contributed by atoms with E-state index in [1.807, 2.05) is 0 Å². The van der Waals surface area contributed by atoms with Crippen LogP contribution in [0.3, 0.4) is 0 Å². The van der Waals surface area contributed by atoms with Crippen molar-refractivity contribution in [1.82, 2.24) is 0 Å². The van der Waals surface area contributed by atoms with E-state index >= 15 is 0 Å². The molecular formula is C32H35O3P. The molecule has 1 saturated carbocycles. The summed E-state index contributed by atoms with van der Waals surface area (Å²) in [5.74, 6) is 1.63. The summed E-state index contributed by atoms with van der Waals surface area (Å²) in [5.41, 5.74) is 8.69. The molecule has 7 rings (SSSR count). The highest BCUT2D eigenvalue weighted by Gasteiger charge is 2.43. The Morgan fingerprint density at radius 3 is 2.50 bits per heavy atom. The molecule has 4 heteroatoms. The molecule has 3 aromatic carbocycles. The summed E-state index contributed by atoms with van der Waals surface area (Å²) in [6.45, 7) is 0. The van der Waals surface area contributed by atoms with Crippen LogP contribution in [0, 0.1) is 0 Å². The van der Waals surface area contributed by atoms with E-state index in [9.17, 15) is 0 Å². The second-order valence-electron chi connectivity index (χ2n) is 10.9. The van der Waals surface area contributed by atoms with Crippen LogP contribution in [0.15, 0.2) is 66.7 Å². The van der Waals surface area contributed by atoms with Gasteiger partial charge < -0.3 is 4.52 Å². The van der Waals surface area contributed by atoms with E-state index in [1.54, 1.807) is 0 Å². The van der Waals surface area contributed by atoms with E-state index in [0.717, 1.165) is 31.4 Å². The molecule has 0 radical (unpaired) electrons. The van der Waals surface area contributed by atoms with Crippen LogP contribution in [0.2, 0.25) is 0 Å². The quantitative estimate of drug-likeness (QED) is 0.339. The lowest BCUT2D eigenvalue weighted by Gasteiger charge is -2.35. The minimum absolute atomic E-state index is 0.0967. The molecule has 0 amide bonds. The molecule has 1 aliphatic heterocycles. The number of aryl methyl sites for hydroxylation is 2. The van der Waals surface area contributed by atoms with Gasteiger partial charge in [0, 0.05) is 17.4 Å². The summed E-state index contributed by atoms with van der Waals surface area (Å²) < 4.78 is 20.4. The first-order valence-corrected chi connectivity index (χ1v) is 15.0. The van der Waals surface area contributed by atoms with Crippen molar-refractivity contribution in [2.45, 2.75) is 88.3 Å². The molecule has 3 nitrogen and oxygen atoms in total. The van der Waals surface area contributed by atoms with Gasteiger partial charge in [0.2, 0.25) is 0 Å². The van der Waals surface area contributed by atoms with E-state index in [1.165, 1.54) is 71.9 Å². The van der Waals surface area contributed by atoms with Crippen molar-refractivity contribution in [1.29, 1.82) is 0 Å². The zero-order chi connectivity index (χ0) is 23.9. The molecule has 1 fully saturated rings. The molecule has 2 unspecified atom stereocenters. The minimum Gasteiger partial charge on any atom is -0.426 e. The van der Waals surface area contributed by atoms with Crippen LogP contribution in [-0.4, -0.2) is 12.2 Å². The van der Waals surface area contributed by atoms with Gasteiger partial charge in [-0.3, -0.25) is 9.05 Å². The first-order chi connectivity index (χ1) is 17.8. The van der Waals surface area contributed by atoms with E-state index in [0.29, 0.717) is 5.92 Å². The molecule has 1 heterocycles. The van der Waals surface area contributed by atoms with Gasteiger partial charge in [0.1, 0.15) is 5.75 Å². The summed E-state index contributed by atoms with van der Waals surface area (Å²) in [5, 5.41) is 0. The average molecular weight is 499 g/mol. The smallest absolute Gasteiger partial charge is 0.397 e. The second kappa shape index (κ2) is 9.93. The molecular weight excluding hydrogens is 463 g/mol. The van der Waals surface area contributed by atoms with Crippen molar-refractivity contribution in [3.8, 4) is 5.75 Å². The predicted molar refractivity (Wildman–Crippen MR) is 145 cm³/mol. The lowest BCUT2D eigenvalue weighted by molar-refractivity contribution is 0.0770. The van der Waals surface area contributed by atoms with Crippen molar-refractivity contribution in [3.05, 3.63) is 100 Å². The molecule has 5 atom stereocenters. The van der Waals surface area contributed by atoms with Crippen molar-refractivity contribution in [2.24, 2.45) is 0 Å². The molecule has 0 bridgehead atoms. The normalized spacial score (nSPS) is 29.1. The number of hydrogen-bond acceptors (Lipinski definition) is 3. The van der Waals surface area contributed by atoms with Gasteiger partial charge in [0.25, 0.3) is 0 Å². The van der Waals surface area contributed by atoms with Crippen LogP contribution < -0.4 is 4.52 Å². The van der Waals surface area contributed by atoms with Gasteiger partial charge in [0.05, 0.1) is 12.2 Å². The van der Waals surface area contributed by atoms with Gasteiger partial charge in [-0.25, -0.2) is 0 Å². The molecule has 3 aromatic rings. The molecule has 0 saturated heterocycles. The van der Waals surface area contributed by atoms with Crippen molar-refractivity contribution in [2.75, 3.05) is 0 Å². The molecule has 36 heavy (non-hydrogen) atoms. The maximum atomic E-state index is 6.85. The standard InChI is InChI=1S/C32H35O3P/c1-2-10-22(11-3-1)25-14-8-9-17-28(25)33-36-34-29-20-18-23-12-4-6-15-26(23)31(29)32-27-16-7-5-13-24(27)19-21-30(32)35-36/h1-4,6,10-12,15,19,21,25,28-29,31H,5,7-9,13-14,16-18,20H2/t25-,28+,29?,31-,36?/m0/s1. The summed E-state index contributed by atoms with van der Waals surface area (Å²) in [4.78, 5) is 0. The van der Waals surface area contributed by atoms with Gasteiger partial charge in [-0.15, -0.1) is 0 Å². The lowest BCUT2D eigenvalue weighted by Crippen LogP contribution is -2.29. The molecule has 0 aromatic heterocycles. The Morgan fingerprint density at radius 1 is 0.722 bits per heavy atom. The zero-order valence-electron chi connectivity index (χ0n) is 20.9. The monoisotopic (exact) mass is 498 g/mol. The first-order valence-electron chi connectivity index (χ1n) is 13.9. The second-order valence-corrected chi connectivity index (χ2v) is 12.0. The Balaban J connectivity index is 1.26. The Bertz CT molecular complexity index is 1230. The third-order valence-electron chi connectivity index (χ3n) is 8.85. The topological polar surface area (TPSA) is 27.7 Å². The fraction of sp³-hybridized carbons (Fsp3) is 0.438. The fourth-order valence-electron chi connectivity index (χ4n) is 7.11. The minimum atomic E-state index is -1.47. The van der Waals surface area contributed by atoms with Crippen LogP contribution in [0.4, 0.5) is 0 Å². The average Bonchev–Trinajstić information content (AvgIpc) is 3.10. The van der Waals surface area contributed by atoms with E-state index in [-0.39, 0.29) is 18.1 Å². The first kappa shape index (κ1) is 23.0. The third-order valence-corrected chi connectivity index (χ3v) is 10.1. The van der Waals surface area contributed by atoms with Gasteiger partial charge in [-0.2, -0.15) is 0 Å². The molecule has 3 aliphatic carbocycles. The summed E-state index contributed by atoms with van der Waals surface area (Å²) in [6, 6.07) is 24.4. The van der Waals surface area contributed by atoms with E-state index in [2.05, 4.69) is 66.7 Å². The molecule has 4 aliphatic rings. The van der Waals surface area contributed by atoms with E-state index in [4.69, 9.17) is 13.6 Å². The maximum Gasteiger partial charge on any atom is 0.397 e. The van der Waals surface area contributed by atoms with Gasteiger partial charge in [0.15, 0.2) is 0 Å². The largest absolute Gasteiger partial charge is 0.426 e. The van der Waals surface area contributed by atoms with Gasteiger partial charge in [-0.05, 0) is 85.3 Å². The Hall–Kier alpha value is -2.19. The number of hydrogen-bond donors (Lipinski definition) is 0. The highest BCUT2D eigenvalue weighted by molar-refractivity contribution is 7.42. The Kier molecular flexibility index (Phi) is 6.34. The van der Waals surface area contributed by atoms with Crippen LogP contribution in [0.5, 0.6) is 5.75 Å². The summed E-state index contributed by atoms with van der Waals surface area (Å²) in [6.07, 6.45) is 11.9. The van der Waals surface area contributed by atoms with Crippen molar-refractivity contribution in [3.63, 3.8) is 0 Å². The number of rotatable bonds is 3. The fourth-order valence-corrected chi connectivity index (χ4v) is 8.49. The van der Waals surface area contributed by atoms with Crippen LogP contribution >= 0.6 is 8.60 Å². The maximum absolute atomic E-state index is 6.85. The van der Waals surface area contributed by atoms with Crippen molar-refractivity contribution >= 4 is 8.60 Å². The van der Waals surface area contributed by atoms with Crippen LogP contribution in [-0.2, 0) is 28.3 Å². The number of fused-ring (bicyclic) bond motifs is 7. The number of benzene rings is 3. The lowest BCUT2D eigenvalue weighted by atomic mass is 9.73. The summed E-state index contributed by atoms with van der Waals surface area (Å²) >= 11 is 0. The molecule has 186 valence electrons. The molecule has 0 N–H and O–H groups in total. The van der Waals surface area contributed by atoms with Crippen LogP contribution in [0.1, 0.15) is 90.2 Å². The highest BCUT2D eigenvalue weighted by atomic mass is 31.2. The highest BCUT2D eigenvalue weighted by Crippen LogP contribution is 2.57. The SMILES string of the molecule is c1ccc([C@@H]2CCCC[C@H]2OP2Oc3ccc4c(c3[C@H]3c5ccccc5CCC3O2)CCCC4)cc1. The van der Waals surface area contributed by atoms with Crippen LogP contribution in [0.25, 0.3) is 0 Å².